The topological polar surface area (TPSA) is 96.3 Å². The van der Waals surface area contributed by atoms with E-state index in [9.17, 15) is 4.79 Å². The average Bonchev–Trinajstić information content (AvgIpc) is 3.84. The number of aromatic nitrogens is 4. The van der Waals surface area contributed by atoms with Crippen molar-refractivity contribution in [2.45, 2.75) is 69.9 Å². The molecule has 1 aromatic carbocycles. The first-order valence-electron chi connectivity index (χ1n) is 13.2. The van der Waals surface area contributed by atoms with Crippen LogP contribution in [0.4, 0.5) is 11.5 Å². The Labute approximate surface area is 228 Å². The van der Waals surface area contributed by atoms with E-state index in [1.807, 2.05) is 13.8 Å². The monoisotopic (exact) mass is 529 g/mol. The quantitative estimate of drug-likeness (QED) is 0.161. The van der Waals surface area contributed by atoms with Crippen LogP contribution in [0, 0.1) is 19.8 Å². The molecule has 198 valence electrons. The number of rotatable bonds is 10. The van der Waals surface area contributed by atoms with Gasteiger partial charge in [-0.3, -0.25) is 4.79 Å². The lowest BCUT2D eigenvalue weighted by Gasteiger charge is -2.28. The van der Waals surface area contributed by atoms with Gasteiger partial charge in [0.25, 0.3) is 0 Å². The van der Waals surface area contributed by atoms with Crippen molar-refractivity contribution in [1.29, 1.82) is 0 Å². The molecule has 2 heterocycles. The number of hydrogen-bond acceptors (Lipinski definition) is 8. The first kappa shape index (κ1) is 26.3. The largest absolute Gasteiger partial charge is 0.363 e. The third kappa shape index (κ3) is 5.72. The molecule has 0 saturated heterocycles. The summed E-state index contributed by atoms with van der Waals surface area (Å²) in [4.78, 5) is 39.3. The fourth-order valence-corrected chi connectivity index (χ4v) is 5.14. The number of aliphatic imine (C=N–C) groups is 1. The van der Waals surface area contributed by atoms with Crippen molar-refractivity contribution in [3.63, 3.8) is 0 Å². The molecule has 2 saturated carbocycles. The van der Waals surface area contributed by atoms with Crippen LogP contribution >= 0.6 is 11.8 Å². The highest BCUT2D eigenvalue weighted by Crippen LogP contribution is 2.44. The summed E-state index contributed by atoms with van der Waals surface area (Å²) >= 11 is 1.70. The lowest BCUT2D eigenvalue weighted by Crippen LogP contribution is -2.32. The average molecular weight is 530 g/mol. The third-order valence-electron chi connectivity index (χ3n) is 7.52. The second-order valence-electron chi connectivity index (χ2n) is 10.3. The van der Waals surface area contributed by atoms with Gasteiger partial charge in [-0.1, -0.05) is 12.1 Å². The van der Waals surface area contributed by atoms with Crippen LogP contribution in [0.1, 0.15) is 61.2 Å². The highest BCUT2D eigenvalue weighted by atomic mass is 32.2. The summed E-state index contributed by atoms with van der Waals surface area (Å²) in [5.74, 6) is 2.68. The summed E-state index contributed by atoms with van der Waals surface area (Å²) in [7, 11) is 2.06. The molecule has 0 amide bonds. The smallest absolute Gasteiger partial charge is 0.185 e. The van der Waals surface area contributed by atoms with Gasteiger partial charge in [-0.15, -0.1) is 11.8 Å². The summed E-state index contributed by atoms with van der Waals surface area (Å²) in [6, 6.07) is 8.57. The maximum Gasteiger partial charge on any atom is 0.185 e. The fraction of sp³-hybridized carbons (Fsp3) is 0.448. The Balaban J connectivity index is 1.53. The van der Waals surface area contributed by atoms with Crippen LogP contribution in [0.15, 0.2) is 40.5 Å². The Hall–Kier alpha value is -3.33. The summed E-state index contributed by atoms with van der Waals surface area (Å²) in [6.07, 6.45) is 9.14. The van der Waals surface area contributed by atoms with Gasteiger partial charge in [0.1, 0.15) is 12.0 Å². The number of nitrogens with zero attached hydrogens (tertiary/aromatic N) is 6. The molecule has 2 aliphatic rings. The third-order valence-corrected chi connectivity index (χ3v) is 8.26. The van der Waals surface area contributed by atoms with Crippen LogP contribution < -0.4 is 10.2 Å². The summed E-state index contributed by atoms with van der Waals surface area (Å²) < 4.78 is 0. The molecule has 1 N–H and O–H groups in total. The van der Waals surface area contributed by atoms with Crippen LogP contribution in [0.2, 0.25) is 0 Å². The van der Waals surface area contributed by atoms with E-state index in [4.69, 9.17) is 15.0 Å². The Morgan fingerprint density at radius 3 is 2.50 bits per heavy atom. The van der Waals surface area contributed by atoms with Gasteiger partial charge in [0.05, 0.1) is 22.6 Å². The van der Waals surface area contributed by atoms with E-state index in [0.29, 0.717) is 35.9 Å². The van der Waals surface area contributed by atoms with Crippen molar-refractivity contribution in [2.75, 3.05) is 18.2 Å². The van der Waals surface area contributed by atoms with Gasteiger partial charge in [0.2, 0.25) is 0 Å². The van der Waals surface area contributed by atoms with Gasteiger partial charge >= 0.3 is 0 Å². The number of thioether (sulfide) groups is 1. The summed E-state index contributed by atoms with van der Waals surface area (Å²) in [5.41, 5.74) is 5.23. The van der Waals surface area contributed by atoms with Crippen molar-refractivity contribution in [3.8, 4) is 11.4 Å². The van der Waals surface area contributed by atoms with Gasteiger partial charge < -0.3 is 10.2 Å². The number of aldehydes is 1. The Kier molecular flexibility index (Phi) is 7.74. The van der Waals surface area contributed by atoms with Crippen molar-refractivity contribution >= 4 is 35.4 Å². The summed E-state index contributed by atoms with van der Waals surface area (Å²) in [5, 5.41) is 3.20. The number of carbonyl (C=O) groups is 1. The molecule has 2 fully saturated rings. The maximum atomic E-state index is 12.1. The Bertz CT molecular complexity index is 1350. The molecule has 3 aromatic rings. The highest BCUT2D eigenvalue weighted by Gasteiger charge is 2.34. The number of hydrogen-bond donors (Lipinski definition) is 1. The highest BCUT2D eigenvalue weighted by molar-refractivity contribution is 7.98. The van der Waals surface area contributed by atoms with E-state index < -0.39 is 0 Å². The first-order chi connectivity index (χ1) is 18.4. The Morgan fingerprint density at radius 1 is 1.13 bits per heavy atom. The molecule has 0 radical (unpaired) electrons. The van der Waals surface area contributed by atoms with Crippen molar-refractivity contribution in [3.05, 3.63) is 53.2 Å². The van der Waals surface area contributed by atoms with Gasteiger partial charge in [0, 0.05) is 30.4 Å². The SMILES string of the molecule is CSc1ccc(CN/C(C=O)=N/c2c(C)nc(-c3c(C)ncnc3C3CC3)nc2N(C)[C@@H](C)C2CC2)cc1. The van der Waals surface area contributed by atoms with Crippen molar-refractivity contribution in [1.82, 2.24) is 25.3 Å². The minimum atomic E-state index is 0.255. The molecule has 1 atom stereocenters. The van der Waals surface area contributed by atoms with Crippen LogP contribution in [0.25, 0.3) is 11.4 Å². The van der Waals surface area contributed by atoms with Crippen LogP contribution in [-0.4, -0.2) is 51.4 Å². The van der Waals surface area contributed by atoms with Crippen molar-refractivity contribution in [2.24, 2.45) is 10.9 Å². The van der Waals surface area contributed by atoms with E-state index in [1.165, 1.54) is 17.7 Å². The van der Waals surface area contributed by atoms with Crippen molar-refractivity contribution < 1.29 is 4.79 Å². The molecule has 38 heavy (non-hydrogen) atoms. The molecule has 2 aliphatic carbocycles. The van der Waals surface area contributed by atoms with E-state index in [1.54, 1.807) is 18.1 Å². The second kappa shape index (κ2) is 11.2. The molecule has 9 heteroatoms. The number of anilines is 1. The molecule has 8 nitrogen and oxygen atoms in total. The van der Waals surface area contributed by atoms with Gasteiger partial charge in [-0.05, 0) is 76.3 Å². The maximum absolute atomic E-state index is 12.1. The molecule has 5 rings (SSSR count). The molecule has 0 spiro atoms. The first-order valence-corrected chi connectivity index (χ1v) is 14.5. The zero-order valence-electron chi connectivity index (χ0n) is 22.7. The predicted molar refractivity (Wildman–Crippen MR) is 153 cm³/mol. The minimum Gasteiger partial charge on any atom is -0.363 e. The molecule has 0 aliphatic heterocycles. The van der Waals surface area contributed by atoms with E-state index in [0.717, 1.165) is 53.2 Å². The second-order valence-corrected chi connectivity index (χ2v) is 11.2. The zero-order chi connectivity index (χ0) is 26.8. The number of carbonyl (C=O) groups excluding carboxylic acids is 1. The standard InChI is InChI=1S/C29H35N7OS/c1-17-25(27(22-10-11-22)32-16-31-17)28-33-18(2)26(29(35-28)36(4)19(3)21-8-9-21)34-24(15-37)30-14-20-6-12-23(38-5)13-7-20/h6-7,12-13,15-16,19,21-22H,8-11,14H2,1-5H3,(H,30,34)/t19-/m0/s1. The number of aryl methyl sites for hydroxylation is 2. The molecule has 0 unspecified atom stereocenters. The molecular formula is C29H35N7OS. The van der Waals surface area contributed by atoms with Crippen LogP contribution in [-0.2, 0) is 11.3 Å². The number of amidine groups is 1. The van der Waals surface area contributed by atoms with Gasteiger partial charge in [-0.25, -0.2) is 24.9 Å². The van der Waals surface area contributed by atoms with Crippen LogP contribution in [0.5, 0.6) is 0 Å². The normalized spacial score (nSPS) is 16.3. The predicted octanol–water partition coefficient (Wildman–Crippen LogP) is 5.40. The molecule has 0 bridgehead atoms. The number of benzene rings is 1. The van der Waals surface area contributed by atoms with E-state index in [2.05, 4.69) is 64.7 Å². The molecular weight excluding hydrogens is 494 g/mol. The zero-order valence-corrected chi connectivity index (χ0v) is 23.5. The Morgan fingerprint density at radius 2 is 1.87 bits per heavy atom. The lowest BCUT2D eigenvalue weighted by molar-refractivity contribution is -0.102. The van der Waals surface area contributed by atoms with E-state index in [-0.39, 0.29) is 5.84 Å². The molecule has 2 aromatic heterocycles. The minimum absolute atomic E-state index is 0.255. The van der Waals surface area contributed by atoms with Crippen LogP contribution in [0.3, 0.4) is 0 Å². The fourth-order valence-electron chi connectivity index (χ4n) is 4.73. The van der Waals surface area contributed by atoms with Gasteiger partial charge in [-0.2, -0.15) is 0 Å². The number of nitrogens with one attached hydrogen (secondary N) is 1. The van der Waals surface area contributed by atoms with E-state index >= 15 is 0 Å². The summed E-state index contributed by atoms with van der Waals surface area (Å²) in [6.45, 7) is 6.65. The lowest BCUT2D eigenvalue weighted by atomic mass is 10.1. The van der Waals surface area contributed by atoms with Gasteiger partial charge in [0.15, 0.2) is 23.8 Å².